The van der Waals surface area contributed by atoms with Gasteiger partial charge in [-0.2, -0.15) is 5.10 Å². The van der Waals surface area contributed by atoms with Crippen molar-refractivity contribution in [1.82, 2.24) is 9.78 Å². The molecule has 3 aromatic rings. The van der Waals surface area contributed by atoms with Crippen molar-refractivity contribution in [2.75, 3.05) is 5.32 Å². The Labute approximate surface area is 152 Å². The molecule has 1 aromatic carbocycles. The summed E-state index contributed by atoms with van der Waals surface area (Å²) in [4.78, 5) is 14.8. The number of rotatable bonds is 7. The van der Waals surface area contributed by atoms with Crippen molar-refractivity contribution < 1.29 is 4.79 Å². The van der Waals surface area contributed by atoms with Crippen molar-refractivity contribution >= 4 is 22.9 Å². The predicted molar refractivity (Wildman–Crippen MR) is 103 cm³/mol. The summed E-state index contributed by atoms with van der Waals surface area (Å²) in [5, 5.41) is 7.24. The molecule has 0 radical (unpaired) electrons. The molecule has 2 heterocycles. The minimum atomic E-state index is 0.0452. The van der Waals surface area contributed by atoms with Crippen LogP contribution in [0.1, 0.15) is 33.7 Å². The molecule has 0 aliphatic carbocycles. The first-order valence-corrected chi connectivity index (χ1v) is 9.34. The van der Waals surface area contributed by atoms with E-state index in [9.17, 15) is 4.79 Å². The molecule has 0 bridgehead atoms. The molecule has 0 unspecified atom stereocenters. The summed E-state index contributed by atoms with van der Waals surface area (Å²) in [6.45, 7) is 4.97. The third kappa shape index (κ3) is 5.03. The number of benzene rings is 1. The SMILES string of the molecule is Cc1cc(CCCC(=O)Nc2cnn(Cc3ccccc3)c2)c(C)s1. The molecule has 0 atom stereocenters. The van der Waals surface area contributed by atoms with Crippen molar-refractivity contribution in [1.29, 1.82) is 0 Å². The Morgan fingerprint density at radius 2 is 2.04 bits per heavy atom. The van der Waals surface area contributed by atoms with Gasteiger partial charge in [0.25, 0.3) is 0 Å². The molecule has 0 saturated heterocycles. The molecule has 3 rings (SSSR count). The van der Waals surface area contributed by atoms with Gasteiger partial charge in [0.2, 0.25) is 5.91 Å². The summed E-state index contributed by atoms with van der Waals surface area (Å²) < 4.78 is 1.84. The number of anilines is 1. The lowest BCUT2D eigenvalue weighted by Crippen LogP contribution is -2.11. The molecule has 2 aromatic heterocycles. The van der Waals surface area contributed by atoms with Crippen LogP contribution in [0.2, 0.25) is 0 Å². The molecule has 130 valence electrons. The summed E-state index contributed by atoms with van der Waals surface area (Å²) in [5.41, 5.74) is 3.30. The zero-order valence-electron chi connectivity index (χ0n) is 14.7. The average molecular weight is 353 g/mol. The van der Waals surface area contributed by atoms with E-state index in [0.29, 0.717) is 13.0 Å². The fourth-order valence-corrected chi connectivity index (χ4v) is 3.86. The van der Waals surface area contributed by atoms with Crippen LogP contribution in [0.5, 0.6) is 0 Å². The van der Waals surface area contributed by atoms with E-state index in [4.69, 9.17) is 0 Å². The second kappa shape index (κ2) is 8.12. The van der Waals surface area contributed by atoms with Crippen LogP contribution in [-0.2, 0) is 17.8 Å². The normalized spacial score (nSPS) is 10.8. The largest absolute Gasteiger partial charge is 0.323 e. The van der Waals surface area contributed by atoms with Crippen LogP contribution >= 0.6 is 11.3 Å². The van der Waals surface area contributed by atoms with Gasteiger partial charge >= 0.3 is 0 Å². The second-order valence-electron chi connectivity index (χ2n) is 6.25. The van der Waals surface area contributed by atoms with Crippen LogP contribution in [0.25, 0.3) is 0 Å². The number of aryl methyl sites for hydroxylation is 3. The quantitative estimate of drug-likeness (QED) is 0.676. The van der Waals surface area contributed by atoms with E-state index >= 15 is 0 Å². The van der Waals surface area contributed by atoms with Crippen LogP contribution in [0.15, 0.2) is 48.8 Å². The third-order valence-corrected chi connectivity index (χ3v) is 5.11. The lowest BCUT2D eigenvalue weighted by molar-refractivity contribution is -0.116. The molecule has 4 nitrogen and oxygen atoms in total. The lowest BCUT2D eigenvalue weighted by atomic mass is 10.1. The molecule has 0 aliphatic heterocycles. The van der Waals surface area contributed by atoms with Crippen LogP contribution in [0.4, 0.5) is 5.69 Å². The highest BCUT2D eigenvalue weighted by Gasteiger charge is 2.07. The Bertz CT molecular complexity index is 836. The van der Waals surface area contributed by atoms with E-state index < -0.39 is 0 Å². The van der Waals surface area contributed by atoms with E-state index in [1.807, 2.05) is 40.4 Å². The highest BCUT2D eigenvalue weighted by molar-refractivity contribution is 7.12. The Kier molecular flexibility index (Phi) is 5.66. The number of nitrogens with zero attached hydrogens (tertiary/aromatic N) is 2. The van der Waals surface area contributed by atoms with Crippen LogP contribution in [0, 0.1) is 13.8 Å². The summed E-state index contributed by atoms with van der Waals surface area (Å²) in [7, 11) is 0. The number of nitrogens with one attached hydrogen (secondary N) is 1. The topological polar surface area (TPSA) is 46.9 Å². The van der Waals surface area contributed by atoms with Gasteiger partial charge in [-0.15, -0.1) is 11.3 Å². The number of carbonyl (C=O) groups is 1. The molecule has 0 aliphatic rings. The van der Waals surface area contributed by atoms with Crippen molar-refractivity contribution in [3.8, 4) is 0 Å². The standard InChI is InChI=1S/C20H23N3OS/c1-15-11-18(16(2)25-15)9-6-10-20(24)22-19-12-21-23(14-19)13-17-7-4-3-5-8-17/h3-5,7-8,11-12,14H,6,9-10,13H2,1-2H3,(H,22,24). The van der Waals surface area contributed by atoms with E-state index in [2.05, 4.69) is 42.5 Å². The number of thiophene rings is 1. The summed E-state index contributed by atoms with van der Waals surface area (Å²) in [6.07, 6.45) is 5.92. The zero-order chi connectivity index (χ0) is 17.6. The Morgan fingerprint density at radius 3 is 2.76 bits per heavy atom. The monoisotopic (exact) mass is 353 g/mol. The first-order chi connectivity index (χ1) is 12.1. The number of hydrogen-bond donors (Lipinski definition) is 1. The van der Waals surface area contributed by atoms with E-state index in [0.717, 1.165) is 18.5 Å². The van der Waals surface area contributed by atoms with Crippen LogP contribution in [0.3, 0.4) is 0 Å². The van der Waals surface area contributed by atoms with Crippen LogP contribution in [-0.4, -0.2) is 15.7 Å². The van der Waals surface area contributed by atoms with Gasteiger partial charge in [0.05, 0.1) is 18.4 Å². The molecule has 1 amide bonds. The molecule has 0 fully saturated rings. The minimum absolute atomic E-state index is 0.0452. The van der Waals surface area contributed by atoms with Gasteiger partial charge in [0, 0.05) is 22.4 Å². The first kappa shape index (κ1) is 17.4. The van der Waals surface area contributed by atoms with Crippen molar-refractivity contribution in [2.24, 2.45) is 0 Å². The molecule has 25 heavy (non-hydrogen) atoms. The number of aromatic nitrogens is 2. The highest BCUT2D eigenvalue weighted by atomic mass is 32.1. The van der Waals surface area contributed by atoms with Gasteiger partial charge in [0.15, 0.2) is 0 Å². The highest BCUT2D eigenvalue weighted by Crippen LogP contribution is 2.22. The Morgan fingerprint density at radius 1 is 1.24 bits per heavy atom. The van der Waals surface area contributed by atoms with Crippen molar-refractivity contribution in [3.05, 3.63) is 69.7 Å². The zero-order valence-corrected chi connectivity index (χ0v) is 15.5. The van der Waals surface area contributed by atoms with Crippen LogP contribution < -0.4 is 5.32 Å². The van der Waals surface area contributed by atoms with Crippen molar-refractivity contribution in [2.45, 2.75) is 39.7 Å². The summed E-state index contributed by atoms with van der Waals surface area (Å²) in [5.74, 6) is 0.0452. The van der Waals surface area contributed by atoms with Gasteiger partial charge in [-0.1, -0.05) is 30.3 Å². The molecule has 0 saturated carbocycles. The van der Waals surface area contributed by atoms with E-state index in [1.165, 1.54) is 20.9 Å². The van der Waals surface area contributed by atoms with E-state index in [-0.39, 0.29) is 5.91 Å². The fraction of sp³-hybridized carbons (Fsp3) is 0.300. The summed E-state index contributed by atoms with van der Waals surface area (Å²) in [6, 6.07) is 12.4. The smallest absolute Gasteiger partial charge is 0.224 e. The Hall–Kier alpha value is -2.40. The van der Waals surface area contributed by atoms with Crippen molar-refractivity contribution in [3.63, 3.8) is 0 Å². The minimum Gasteiger partial charge on any atom is -0.323 e. The number of amides is 1. The van der Waals surface area contributed by atoms with E-state index in [1.54, 1.807) is 6.20 Å². The lowest BCUT2D eigenvalue weighted by Gasteiger charge is -2.03. The third-order valence-electron chi connectivity index (χ3n) is 4.10. The second-order valence-corrected chi connectivity index (χ2v) is 7.71. The molecular formula is C20H23N3OS. The van der Waals surface area contributed by atoms with Gasteiger partial charge in [0.1, 0.15) is 0 Å². The average Bonchev–Trinajstić information content (AvgIpc) is 3.14. The van der Waals surface area contributed by atoms with Gasteiger partial charge in [-0.05, 0) is 43.9 Å². The maximum Gasteiger partial charge on any atom is 0.224 e. The molecule has 1 N–H and O–H groups in total. The number of carbonyl (C=O) groups excluding carboxylic acids is 1. The molecular weight excluding hydrogens is 330 g/mol. The van der Waals surface area contributed by atoms with Gasteiger partial charge in [-0.3, -0.25) is 9.48 Å². The fourth-order valence-electron chi connectivity index (χ4n) is 2.88. The van der Waals surface area contributed by atoms with Gasteiger partial charge < -0.3 is 5.32 Å². The maximum absolute atomic E-state index is 12.1. The predicted octanol–water partition coefficient (Wildman–Crippen LogP) is 4.57. The maximum atomic E-state index is 12.1. The first-order valence-electron chi connectivity index (χ1n) is 8.52. The summed E-state index contributed by atoms with van der Waals surface area (Å²) >= 11 is 1.82. The van der Waals surface area contributed by atoms with Gasteiger partial charge in [-0.25, -0.2) is 0 Å². The molecule has 5 heteroatoms. The Balaban J connectivity index is 1.46. The number of hydrogen-bond acceptors (Lipinski definition) is 3. The molecule has 0 spiro atoms.